The van der Waals surface area contributed by atoms with Gasteiger partial charge in [-0.2, -0.15) is 0 Å². The molecule has 0 amide bonds. The van der Waals surface area contributed by atoms with Gasteiger partial charge in [-0.15, -0.1) is 0 Å². The molecule has 7 nitrogen and oxygen atoms in total. The summed E-state index contributed by atoms with van der Waals surface area (Å²) < 4.78 is 34.5. The molecule has 0 aliphatic heterocycles. The highest BCUT2D eigenvalue weighted by molar-refractivity contribution is 7.89. The minimum Gasteiger partial charge on any atom is -0.469 e. The lowest BCUT2D eigenvalue weighted by molar-refractivity contribution is -0.141. The number of hydrogen-bond acceptors (Lipinski definition) is 6. The number of methoxy groups -OCH3 is 2. The Kier molecular flexibility index (Phi) is 10.0. The number of nitrogens with one attached hydrogen (secondary N) is 1. The van der Waals surface area contributed by atoms with Crippen molar-refractivity contribution >= 4 is 22.0 Å². The first-order valence-electron chi connectivity index (χ1n) is 6.52. The molecule has 0 unspecified atom stereocenters. The largest absolute Gasteiger partial charge is 0.469 e. The smallest absolute Gasteiger partial charge is 0.305 e. The van der Waals surface area contributed by atoms with Crippen molar-refractivity contribution in [3.8, 4) is 0 Å². The van der Waals surface area contributed by atoms with Crippen LogP contribution in [0.4, 0.5) is 0 Å². The van der Waals surface area contributed by atoms with E-state index in [1.165, 1.54) is 14.2 Å². The van der Waals surface area contributed by atoms with Crippen molar-refractivity contribution < 1.29 is 27.5 Å². The summed E-state index contributed by atoms with van der Waals surface area (Å²) in [6, 6.07) is 0. The molecular formula is C12H23NO6S. The second-order valence-corrected chi connectivity index (χ2v) is 6.21. The molecule has 0 aromatic carbocycles. The molecule has 0 atom stereocenters. The SMILES string of the molecule is COC(=O)CCCCCNS(=O)(=O)CCCC(=O)OC. The zero-order valence-electron chi connectivity index (χ0n) is 12.0. The first-order valence-corrected chi connectivity index (χ1v) is 8.17. The van der Waals surface area contributed by atoms with Gasteiger partial charge in [0, 0.05) is 19.4 Å². The van der Waals surface area contributed by atoms with E-state index in [0.29, 0.717) is 25.8 Å². The molecular weight excluding hydrogens is 286 g/mol. The molecule has 0 bridgehead atoms. The fraction of sp³-hybridized carbons (Fsp3) is 0.833. The van der Waals surface area contributed by atoms with Crippen molar-refractivity contribution in [3.63, 3.8) is 0 Å². The van der Waals surface area contributed by atoms with Crippen molar-refractivity contribution in [2.75, 3.05) is 26.5 Å². The van der Waals surface area contributed by atoms with Gasteiger partial charge in [0.2, 0.25) is 10.0 Å². The van der Waals surface area contributed by atoms with Crippen molar-refractivity contribution in [2.45, 2.75) is 38.5 Å². The summed E-state index contributed by atoms with van der Waals surface area (Å²) in [5.74, 6) is -0.763. The molecule has 0 saturated heterocycles. The summed E-state index contributed by atoms with van der Waals surface area (Å²) in [5, 5.41) is 0. The van der Waals surface area contributed by atoms with E-state index in [-0.39, 0.29) is 24.6 Å². The highest BCUT2D eigenvalue weighted by atomic mass is 32.2. The van der Waals surface area contributed by atoms with Crippen LogP contribution in [0.25, 0.3) is 0 Å². The van der Waals surface area contributed by atoms with Gasteiger partial charge in [-0.05, 0) is 19.3 Å². The lowest BCUT2D eigenvalue weighted by atomic mass is 10.2. The monoisotopic (exact) mass is 309 g/mol. The maximum absolute atomic E-state index is 11.6. The molecule has 0 aromatic heterocycles. The summed E-state index contributed by atoms with van der Waals surface area (Å²) in [7, 11) is -0.738. The first kappa shape index (κ1) is 18.9. The average molecular weight is 309 g/mol. The van der Waals surface area contributed by atoms with Gasteiger partial charge in [0.25, 0.3) is 0 Å². The zero-order valence-corrected chi connectivity index (χ0v) is 12.8. The second kappa shape index (κ2) is 10.6. The first-order chi connectivity index (χ1) is 9.41. The predicted octanol–water partition coefficient (Wildman–Crippen LogP) is 0.592. The van der Waals surface area contributed by atoms with Gasteiger partial charge >= 0.3 is 11.9 Å². The third-order valence-electron chi connectivity index (χ3n) is 2.63. The second-order valence-electron chi connectivity index (χ2n) is 4.28. The minimum absolute atomic E-state index is 0.0930. The Morgan fingerprint density at radius 3 is 2.00 bits per heavy atom. The molecule has 0 fully saturated rings. The Morgan fingerprint density at radius 1 is 0.900 bits per heavy atom. The number of sulfonamides is 1. The Hall–Kier alpha value is -1.15. The lowest BCUT2D eigenvalue weighted by Gasteiger charge is -2.06. The molecule has 118 valence electrons. The van der Waals surface area contributed by atoms with Gasteiger partial charge in [0.15, 0.2) is 0 Å². The topological polar surface area (TPSA) is 98.8 Å². The van der Waals surface area contributed by atoms with Gasteiger partial charge < -0.3 is 9.47 Å². The molecule has 0 radical (unpaired) electrons. The number of carbonyl (C=O) groups is 2. The molecule has 0 aromatic rings. The molecule has 0 heterocycles. The van der Waals surface area contributed by atoms with E-state index in [9.17, 15) is 18.0 Å². The van der Waals surface area contributed by atoms with E-state index in [0.717, 1.165) is 6.42 Å². The van der Waals surface area contributed by atoms with Crippen LogP contribution in [0, 0.1) is 0 Å². The van der Waals surface area contributed by atoms with Crippen LogP contribution in [0.2, 0.25) is 0 Å². The molecule has 20 heavy (non-hydrogen) atoms. The molecule has 0 rings (SSSR count). The van der Waals surface area contributed by atoms with E-state index in [4.69, 9.17) is 0 Å². The van der Waals surface area contributed by atoms with Crippen LogP contribution in [0.15, 0.2) is 0 Å². The average Bonchev–Trinajstić information content (AvgIpc) is 2.41. The Bertz CT molecular complexity index is 393. The van der Waals surface area contributed by atoms with Gasteiger partial charge in [-0.3, -0.25) is 9.59 Å². The number of unbranched alkanes of at least 4 members (excludes halogenated alkanes) is 2. The van der Waals surface area contributed by atoms with Crippen molar-refractivity contribution in [1.82, 2.24) is 4.72 Å². The number of rotatable bonds is 11. The molecule has 1 N–H and O–H groups in total. The fourth-order valence-electron chi connectivity index (χ4n) is 1.48. The molecule has 8 heteroatoms. The molecule has 0 spiro atoms. The lowest BCUT2D eigenvalue weighted by Crippen LogP contribution is -2.27. The maximum atomic E-state index is 11.6. The Balaban J connectivity index is 3.62. The number of carbonyl (C=O) groups excluding carboxylic acids is 2. The summed E-state index contributed by atoms with van der Waals surface area (Å²) in [5.41, 5.74) is 0. The van der Waals surface area contributed by atoms with E-state index < -0.39 is 16.0 Å². The third kappa shape index (κ3) is 10.7. The van der Waals surface area contributed by atoms with E-state index >= 15 is 0 Å². The Morgan fingerprint density at radius 2 is 1.45 bits per heavy atom. The van der Waals surface area contributed by atoms with Crippen molar-refractivity contribution in [2.24, 2.45) is 0 Å². The van der Waals surface area contributed by atoms with Crippen LogP contribution in [-0.2, 0) is 29.1 Å². The van der Waals surface area contributed by atoms with Gasteiger partial charge in [-0.25, -0.2) is 13.1 Å². The summed E-state index contributed by atoms with van der Waals surface area (Å²) in [4.78, 5) is 21.7. The highest BCUT2D eigenvalue weighted by Crippen LogP contribution is 2.01. The number of ether oxygens (including phenoxy) is 2. The maximum Gasteiger partial charge on any atom is 0.305 e. The standard InChI is InChI=1S/C12H23NO6S/c1-18-11(14)7-4-3-5-9-13-20(16,17)10-6-8-12(15)19-2/h13H,3-10H2,1-2H3. The van der Waals surface area contributed by atoms with Crippen LogP contribution < -0.4 is 4.72 Å². The summed E-state index contributed by atoms with van der Waals surface area (Å²) in [6.45, 7) is 0.335. The highest BCUT2D eigenvalue weighted by Gasteiger charge is 2.11. The molecule has 0 saturated carbocycles. The van der Waals surface area contributed by atoms with Gasteiger partial charge in [0.05, 0.1) is 20.0 Å². The van der Waals surface area contributed by atoms with Gasteiger partial charge in [-0.1, -0.05) is 6.42 Å². The van der Waals surface area contributed by atoms with Crippen molar-refractivity contribution in [1.29, 1.82) is 0 Å². The Labute approximate surface area is 120 Å². The zero-order chi connectivity index (χ0) is 15.4. The van der Waals surface area contributed by atoms with Crippen LogP contribution >= 0.6 is 0 Å². The van der Waals surface area contributed by atoms with E-state index in [1.807, 2.05) is 0 Å². The van der Waals surface area contributed by atoms with Crippen LogP contribution in [0.5, 0.6) is 0 Å². The van der Waals surface area contributed by atoms with E-state index in [1.54, 1.807) is 0 Å². The number of hydrogen-bond donors (Lipinski definition) is 1. The fourth-order valence-corrected chi connectivity index (χ4v) is 2.61. The van der Waals surface area contributed by atoms with Crippen LogP contribution in [0.1, 0.15) is 38.5 Å². The quantitative estimate of drug-likeness (QED) is 0.443. The summed E-state index contributed by atoms with van der Waals surface area (Å²) >= 11 is 0. The third-order valence-corrected chi connectivity index (χ3v) is 4.10. The van der Waals surface area contributed by atoms with Crippen molar-refractivity contribution in [3.05, 3.63) is 0 Å². The number of esters is 2. The predicted molar refractivity (Wildman–Crippen MR) is 73.5 cm³/mol. The van der Waals surface area contributed by atoms with Crippen LogP contribution in [0.3, 0.4) is 0 Å². The normalized spacial score (nSPS) is 11.1. The summed E-state index contributed by atoms with van der Waals surface area (Å²) in [6.07, 6.45) is 2.77. The minimum atomic E-state index is -3.34. The van der Waals surface area contributed by atoms with Crippen LogP contribution in [-0.4, -0.2) is 46.9 Å². The van der Waals surface area contributed by atoms with E-state index in [2.05, 4.69) is 14.2 Å². The van der Waals surface area contributed by atoms with Gasteiger partial charge in [0.1, 0.15) is 0 Å². The molecule has 0 aliphatic carbocycles. The molecule has 0 aliphatic rings.